The van der Waals surface area contributed by atoms with Crippen LogP contribution in [-0.2, 0) is 11.3 Å². The number of carbonyl (C=O) groups is 3. The molecular weight excluding hydrogens is 475 g/mol. The molecule has 0 unspecified atom stereocenters. The number of hydrogen-bond donors (Lipinski definition) is 2. The molecular formula is C28H29FN4O4. The smallest absolute Gasteiger partial charge is 0.291 e. The van der Waals surface area contributed by atoms with Crippen LogP contribution in [0.3, 0.4) is 0 Å². The van der Waals surface area contributed by atoms with E-state index in [2.05, 4.69) is 15.5 Å². The summed E-state index contributed by atoms with van der Waals surface area (Å²) < 4.78 is 18.4. The second kappa shape index (κ2) is 10.9. The monoisotopic (exact) mass is 504 g/mol. The van der Waals surface area contributed by atoms with Crippen LogP contribution >= 0.6 is 0 Å². The zero-order valence-electron chi connectivity index (χ0n) is 20.4. The fraction of sp³-hybridized carbons (Fsp3) is 0.321. The second-order valence-corrected chi connectivity index (χ2v) is 9.41. The minimum atomic E-state index is -0.417. The molecule has 0 atom stereocenters. The summed E-state index contributed by atoms with van der Waals surface area (Å²) in [6.07, 6.45) is 4.17. The lowest BCUT2D eigenvalue weighted by Crippen LogP contribution is -2.36. The summed E-state index contributed by atoms with van der Waals surface area (Å²) >= 11 is 0. The van der Waals surface area contributed by atoms with Crippen LogP contribution in [0.4, 0.5) is 15.8 Å². The first-order chi connectivity index (χ1) is 18.0. The first-order valence-corrected chi connectivity index (χ1v) is 12.5. The predicted octanol–water partition coefficient (Wildman–Crippen LogP) is 4.05. The highest BCUT2D eigenvalue weighted by Crippen LogP contribution is 2.32. The van der Waals surface area contributed by atoms with Gasteiger partial charge in [0.1, 0.15) is 5.82 Å². The normalized spacial score (nSPS) is 15.7. The van der Waals surface area contributed by atoms with Crippen LogP contribution in [0.2, 0.25) is 0 Å². The molecule has 3 amide bonds. The van der Waals surface area contributed by atoms with Crippen molar-refractivity contribution in [3.8, 4) is 0 Å². The second-order valence-electron chi connectivity index (χ2n) is 9.41. The molecule has 8 nitrogen and oxygen atoms in total. The molecule has 2 heterocycles. The van der Waals surface area contributed by atoms with E-state index in [0.717, 1.165) is 30.5 Å². The standard InChI is InChI=1S/C28H29FN4O4/c29-21-8-4-19(5-9-21)18-30-26(34)23-17-22(31-27(35)25-3-1-16-37-25)10-11-24(23)32-12-2-13-33(15-14-32)28(36)20-6-7-20/h1,3-5,8-11,16-17,20H,2,6-7,12-15,18H2,(H,30,34)(H,31,35). The molecule has 5 rings (SSSR count). The van der Waals surface area contributed by atoms with Crippen molar-refractivity contribution < 1.29 is 23.2 Å². The summed E-state index contributed by atoms with van der Waals surface area (Å²) in [5.74, 6) is -0.499. The maximum absolute atomic E-state index is 13.4. The first-order valence-electron chi connectivity index (χ1n) is 12.5. The van der Waals surface area contributed by atoms with Gasteiger partial charge in [0.05, 0.1) is 11.8 Å². The zero-order valence-corrected chi connectivity index (χ0v) is 20.4. The van der Waals surface area contributed by atoms with E-state index in [-0.39, 0.29) is 35.9 Å². The Balaban J connectivity index is 1.36. The topological polar surface area (TPSA) is 94.9 Å². The zero-order chi connectivity index (χ0) is 25.8. The Morgan fingerprint density at radius 3 is 2.49 bits per heavy atom. The lowest BCUT2D eigenvalue weighted by atomic mass is 10.1. The van der Waals surface area contributed by atoms with Crippen LogP contribution < -0.4 is 15.5 Å². The van der Waals surface area contributed by atoms with Crippen molar-refractivity contribution >= 4 is 29.1 Å². The third kappa shape index (κ3) is 5.99. The molecule has 1 aromatic heterocycles. The van der Waals surface area contributed by atoms with Crippen molar-refractivity contribution in [2.45, 2.75) is 25.8 Å². The largest absolute Gasteiger partial charge is 0.459 e. The number of benzene rings is 2. The van der Waals surface area contributed by atoms with Crippen molar-refractivity contribution in [2.24, 2.45) is 5.92 Å². The summed E-state index contributed by atoms with van der Waals surface area (Å²) in [5.41, 5.74) is 2.36. The Morgan fingerprint density at radius 1 is 0.946 bits per heavy atom. The van der Waals surface area contributed by atoms with E-state index in [9.17, 15) is 18.8 Å². The molecule has 2 fully saturated rings. The summed E-state index contributed by atoms with van der Waals surface area (Å²) in [7, 11) is 0. The summed E-state index contributed by atoms with van der Waals surface area (Å²) in [6.45, 7) is 2.84. The number of rotatable bonds is 7. The van der Waals surface area contributed by atoms with Crippen molar-refractivity contribution in [3.63, 3.8) is 0 Å². The lowest BCUT2D eigenvalue weighted by molar-refractivity contribution is -0.132. The van der Waals surface area contributed by atoms with Gasteiger partial charge in [0.15, 0.2) is 5.76 Å². The maximum Gasteiger partial charge on any atom is 0.291 e. The van der Waals surface area contributed by atoms with Crippen molar-refractivity contribution in [3.05, 3.63) is 83.6 Å². The Morgan fingerprint density at radius 2 is 1.76 bits per heavy atom. The molecule has 2 aliphatic rings. The molecule has 2 aromatic carbocycles. The summed E-state index contributed by atoms with van der Waals surface area (Å²) in [4.78, 5) is 42.5. The number of anilines is 2. The van der Waals surface area contributed by atoms with Crippen LogP contribution in [0.1, 0.15) is 45.7 Å². The molecule has 1 saturated carbocycles. The molecule has 2 N–H and O–H groups in total. The van der Waals surface area contributed by atoms with Gasteiger partial charge in [-0.3, -0.25) is 14.4 Å². The van der Waals surface area contributed by atoms with Gasteiger partial charge in [-0.25, -0.2) is 4.39 Å². The Bertz CT molecular complexity index is 1270. The Labute approximate surface area is 214 Å². The molecule has 9 heteroatoms. The van der Waals surface area contributed by atoms with Gasteiger partial charge in [-0.15, -0.1) is 0 Å². The van der Waals surface area contributed by atoms with Gasteiger partial charge in [-0.1, -0.05) is 12.1 Å². The summed E-state index contributed by atoms with van der Waals surface area (Å²) in [6, 6.07) is 14.4. The van der Waals surface area contributed by atoms with E-state index >= 15 is 0 Å². The van der Waals surface area contributed by atoms with Gasteiger partial charge < -0.3 is 24.9 Å². The Hall–Kier alpha value is -4.14. The maximum atomic E-state index is 13.4. The number of nitrogens with one attached hydrogen (secondary N) is 2. The van der Waals surface area contributed by atoms with Crippen LogP contribution in [0.15, 0.2) is 65.3 Å². The molecule has 0 bridgehead atoms. The first kappa shape index (κ1) is 24.5. The minimum Gasteiger partial charge on any atom is -0.459 e. The highest BCUT2D eigenvalue weighted by Gasteiger charge is 2.34. The van der Waals surface area contributed by atoms with Crippen molar-refractivity contribution in [1.29, 1.82) is 0 Å². The molecule has 37 heavy (non-hydrogen) atoms. The SMILES string of the molecule is O=C(Nc1ccc(N2CCCN(C(=O)C3CC3)CC2)c(C(=O)NCc2ccc(F)cc2)c1)c1ccco1. The molecule has 1 saturated heterocycles. The molecule has 0 radical (unpaired) electrons. The van der Waals surface area contributed by atoms with E-state index in [4.69, 9.17) is 4.42 Å². The van der Waals surface area contributed by atoms with Gasteiger partial charge in [-0.2, -0.15) is 0 Å². The molecule has 3 aromatic rings. The van der Waals surface area contributed by atoms with Crippen LogP contribution in [-0.4, -0.2) is 48.8 Å². The van der Waals surface area contributed by atoms with Crippen molar-refractivity contribution in [1.82, 2.24) is 10.2 Å². The number of carbonyl (C=O) groups excluding carboxylic acids is 3. The number of amides is 3. The van der Waals surface area contributed by atoms with E-state index in [0.29, 0.717) is 37.4 Å². The number of furan rings is 1. The van der Waals surface area contributed by atoms with E-state index in [1.807, 2.05) is 11.0 Å². The van der Waals surface area contributed by atoms with Crippen LogP contribution in [0, 0.1) is 11.7 Å². The van der Waals surface area contributed by atoms with Gasteiger partial charge in [0, 0.05) is 50.0 Å². The predicted molar refractivity (Wildman–Crippen MR) is 137 cm³/mol. The van der Waals surface area contributed by atoms with Crippen LogP contribution in [0.25, 0.3) is 0 Å². The minimum absolute atomic E-state index is 0.166. The van der Waals surface area contributed by atoms with Gasteiger partial charge in [0.2, 0.25) is 5.91 Å². The Kier molecular flexibility index (Phi) is 7.20. The highest BCUT2D eigenvalue weighted by molar-refractivity contribution is 6.05. The highest BCUT2D eigenvalue weighted by atomic mass is 19.1. The molecule has 1 aliphatic heterocycles. The van der Waals surface area contributed by atoms with E-state index in [1.54, 1.807) is 36.4 Å². The van der Waals surface area contributed by atoms with Gasteiger partial charge in [-0.05, 0) is 67.3 Å². The average Bonchev–Trinajstić information content (AvgIpc) is 3.67. The third-order valence-corrected chi connectivity index (χ3v) is 6.69. The van der Waals surface area contributed by atoms with Gasteiger partial charge >= 0.3 is 0 Å². The quantitative estimate of drug-likeness (QED) is 0.506. The van der Waals surface area contributed by atoms with E-state index in [1.165, 1.54) is 18.4 Å². The van der Waals surface area contributed by atoms with E-state index < -0.39 is 5.91 Å². The fourth-order valence-corrected chi connectivity index (χ4v) is 4.52. The molecule has 1 aliphatic carbocycles. The summed E-state index contributed by atoms with van der Waals surface area (Å²) in [5, 5.41) is 5.68. The molecule has 0 spiro atoms. The lowest BCUT2D eigenvalue weighted by Gasteiger charge is -2.26. The number of hydrogen-bond acceptors (Lipinski definition) is 5. The van der Waals surface area contributed by atoms with Crippen molar-refractivity contribution in [2.75, 3.05) is 36.4 Å². The third-order valence-electron chi connectivity index (χ3n) is 6.69. The molecule has 192 valence electrons. The van der Waals surface area contributed by atoms with Crippen LogP contribution in [0.5, 0.6) is 0 Å². The number of halogens is 1. The van der Waals surface area contributed by atoms with Gasteiger partial charge in [0.25, 0.3) is 11.8 Å². The number of nitrogens with zero attached hydrogens (tertiary/aromatic N) is 2. The fourth-order valence-electron chi connectivity index (χ4n) is 4.52. The average molecular weight is 505 g/mol.